The Bertz CT molecular complexity index is 812. The van der Waals surface area contributed by atoms with Crippen molar-refractivity contribution >= 4 is 17.4 Å². The maximum Gasteiger partial charge on any atom is 0.249 e. The van der Waals surface area contributed by atoms with E-state index in [9.17, 15) is 14.9 Å². The number of nitriles is 1. The second-order valence-corrected chi connectivity index (χ2v) is 6.58. The van der Waals surface area contributed by atoms with Crippen molar-refractivity contribution in [2.24, 2.45) is 11.8 Å². The van der Waals surface area contributed by atoms with Gasteiger partial charge in [0.2, 0.25) is 5.91 Å². The van der Waals surface area contributed by atoms with Gasteiger partial charge in [0.25, 0.3) is 0 Å². The number of ketones is 1. The van der Waals surface area contributed by atoms with Crippen LogP contribution in [0.5, 0.6) is 5.75 Å². The molecule has 0 spiro atoms. The SMILES string of the molecule is COc1cccc(NC(=O)C(C#N)C(=O)CC(C)CCc2ccccc2)c1. The molecule has 2 atom stereocenters. The van der Waals surface area contributed by atoms with Gasteiger partial charge in [-0.25, -0.2) is 0 Å². The van der Waals surface area contributed by atoms with Crippen molar-refractivity contribution in [3.8, 4) is 11.8 Å². The predicted octanol–water partition coefficient (Wildman–Crippen LogP) is 4.00. The highest BCUT2D eigenvalue weighted by Crippen LogP contribution is 2.19. The Morgan fingerprint density at radius 2 is 1.89 bits per heavy atom. The molecule has 0 saturated carbocycles. The van der Waals surface area contributed by atoms with Gasteiger partial charge in [0.05, 0.1) is 13.2 Å². The van der Waals surface area contributed by atoms with Crippen LogP contribution in [-0.4, -0.2) is 18.8 Å². The first-order valence-electron chi connectivity index (χ1n) is 8.94. The van der Waals surface area contributed by atoms with Gasteiger partial charge >= 0.3 is 0 Å². The third kappa shape index (κ3) is 6.27. The lowest BCUT2D eigenvalue weighted by Gasteiger charge is -2.14. The monoisotopic (exact) mass is 364 g/mol. The van der Waals surface area contributed by atoms with Crippen molar-refractivity contribution in [3.05, 3.63) is 60.2 Å². The molecule has 2 aromatic rings. The molecule has 0 aliphatic rings. The minimum Gasteiger partial charge on any atom is -0.497 e. The molecule has 2 rings (SSSR count). The fourth-order valence-electron chi connectivity index (χ4n) is 2.81. The van der Waals surface area contributed by atoms with E-state index in [1.54, 1.807) is 24.3 Å². The van der Waals surface area contributed by atoms with Gasteiger partial charge in [-0.05, 0) is 36.5 Å². The molecule has 27 heavy (non-hydrogen) atoms. The van der Waals surface area contributed by atoms with Crippen LogP contribution in [0.4, 0.5) is 5.69 Å². The molecular formula is C22H24N2O3. The topological polar surface area (TPSA) is 79.2 Å². The van der Waals surface area contributed by atoms with Crippen LogP contribution in [0.15, 0.2) is 54.6 Å². The van der Waals surface area contributed by atoms with Crippen LogP contribution in [-0.2, 0) is 16.0 Å². The average Bonchev–Trinajstić information content (AvgIpc) is 2.68. The van der Waals surface area contributed by atoms with Gasteiger partial charge in [0.1, 0.15) is 5.75 Å². The molecular weight excluding hydrogens is 340 g/mol. The average molecular weight is 364 g/mol. The van der Waals surface area contributed by atoms with E-state index in [0.29, 0.717) is 11.4 Å². The van der Waals surface area contributed by atoms with E-state index in [0.717, 1.165) is 12.8 Å². The first kappa shape index (κ1) is 20.2. The number of methoxy groups -OCH3 is 1. The highest BCUT2D eigenvalue weighted by Gasteiger charge is 2.27. The molecule has 0 aliphatic heterocycles. The van der Waals surface area contributed by atoms with Gasteiger partial charge in [-0.2, -0.15) is 5.26 Å². The van der Waals surface area contributed by atoms with Gasteiger partial charge in [-0.15, -0.1) is 0 Å². The first-order valence-corrected chi connectivity index (χ1v) is 8.94. The third-order valence-corrected chi connectivity index (χ3v) is 4.37. The van der Waals surface area contributed by atoms with Crippen molar-refractivity contribution in [2.75, 3.05) is 12.4 Å². The van der Waals surface area contributed by atoms with Gasteiger partial charge in [-0.1, -0.05) is 43.3 Å². The lowest BCUT2D eigenvalue weighted by Crippen LogP contribution is -2.29. The molecule has 1 N–H and O–H groups in total. The summed E-state index contributed by atoms with van der Waals surface area (Å²) in [6, 6.07) is 18.7. The Hall–Kier alpha value is -3.13. The van der Waals surface area contributed by atoms with E-state index < -0.39 is 11.8 Å². The maximum absolute atomic E-state index is 12.4. The number of anilines is 1. The number of benzene rings is 2. The van der Waals surface area contributed by atoms with Crippen molar-refractivity contribution in [1.82, 2.24) is 0 Å². The molecule has 140 valence electrons. The summed E-state index contributed by atoms with van der Waals surface area (Å²) < 4.78 is 5.10. The molecule has 0 saturated heterocycles. The number of aryl methyl sites for hydroxylation is 1. The fraction of sp³-hybridized carbons (Fsp3) is 0.318. The molecule has 5 heteroatoms. The summed E-state index contributed by atoms with van der Waals surface area (Å²) in [5, 5.41) is 11.9. The molecule has 0 aromatic heterocycles. The predicted molar refractivity (Wildman–Crippen MR) is 104 cm³/mol. The largest absolute Gasteiger partial charge is 0.497 e. The Morgan fingerprint density at radius 3 is 2.56 bits per heavy atom. The Labute approximate surface area is 160 Å². The quantitative estimate of drug-likeness (QED) is 0.682. The smallest absolute Gasteiger partial charge is 0.249 e. The molecule has 0 fully saturated rings. The lowest BCUT2D eigenvalue weighted by atomic mass is 9.91. The number of carbonyl (C=O) groups is 2. The first-order chi connectivity index (χ1) is 13.0. The van der Waals surface area contributed by atoms with Crippen LogP contribution < -0.4 is 10.1 Å². The number of hydrogen-bond acceptors (Lipinski definition) is 4. The van der Waals surface area contributed by atoms with E-state index >= 15 is 0 Å². The summed E-state index contributed by atoms with van der Waals surface area (Å²) in [5.74, 6) is -1.58. The van der Waals surface area contributed by atoms with E-state index in [-0.39, 0.29) is 18.1 Å². The summed E-state index contributed by atoms with van der Waals surface area (Å²) in [6.07, 6.45) is 1.89. The van der Waals surface area contributed by atoms with Crippen LogP contribution in [0.1, 0.15) is 25.3 Å². The second-order valence-electron chi connectivity index (χ2n) is 6.58. The standard InChI is InChI=1S/C22H24N2O3/c1-16(11-12-17-7-4-3-5-8-17)13-21(25)20(15-23)22(26)24-18-9-6-10-19(14-18)27-2/h3-10,14,16,20H,11-13H2,1-2H3,(H,24,26). The van der Waals surface area contributed by atoms with Crippen molar-refractivity contribution < 1.29 is 14.3 Å². The highest BCUT2D eigenvalue weighted by molar-refractivity contribution is 6.09. The Kier molecular flexibility index (Phi) is 7.57. The molecule has 0 bridgehead atoms. The number of carbonyl (C=O) groups excluding carboxylic acids is 2. The van der Waals surface area contributed by atoms with Gasteiger partial charge in [0, 0.05) is 18.2 Å². The molecule has 0 aliphatic carbocycles. The molecule has 5 nitrogen and oxygen atoms in total. The van der Waals surface area contributed by atoms with Gasteiger partial charge in [0.15, 0.2) is 11.7 Å². The van der Waals surface area contributed by atoms with Gasteiger partial charge < -0.3 is 10.1 Å². The third-order valence-electron chi connectivity index (χ3n) is 4.37. The van der Waals surface area contributed by atoms with Crippen molar-refractivity contribution in [1.29, 1.82) is 5.26 Å². The van der Waals surface area contributed by atoms with Crippen molar-refractivity contribution in [2.45, 2.75) is 26.2 Å². The van der Waals surface area contributed by atoms with Crippen LogP contribution in [0.3, 0.4) is 0 Å². The number of rotatable bonds is 9. The number of ether oxygens (including phenoxy) is 1. The second kappa shape index (κ2) is 10.1. The molecule has 1 amide bonds. The Balaban J connectivity index is 1.90. The van der Waals surface area contributed by atoms with Crippen LogP contribution >= 0.6 is 0 Å². The number of amides is 1. The highest BCUT2D eigenvalue weighted by atomic mass is 16.5. The molecule has 2 unspecified atom stereocenters. The van der Waals surface area contributed by atoms with E-state index in [1.807, 2.05) is 43.3 Å². The number of nitrogens with one attached hydrogen (secondary N) is 1. The normalized spacial score (nSPS) is 12.5. The van der Waals surface area contributed by atoms with E-state index in [1.165, 1.54) is 12.7 Å². The lowest BCUT2D eigenvalue weighted by molar-refractivity contribution is -0.129. The van der Waals surface area contributed by atoms with Crippen LogP contribution in [0.2, 0.25) is 0 Å². The van der Waals surface area contributed by atoms with E-state index in [4.69, 9.17) is 4.74 Å². The fourth-order valence-corrected chi connectivity index (χ4v) is 2.81. The molecule has 2 aromatic carbocycles. The summed E-state index contributed by atoms with van der Waals surface area (Å²) in [4.78, 5) is 24.8. The van der Waals surface area contributed by atoms with Gasteiger partial charge in [-0.3, -0.25) is 9.59 Å². The van der Waals surface area contributed by atoms with Crippen LogP contribution in [0.25, 0.3) is 0 Å². The summed E-state index contributed by atoms with van der Waals surface area (Å²) in [7, 11) is 1.53. The summed E-state index contributed by atoms with van der Waals surface area (Å²) in [6.45, 7) is 1.97. The Morgan fingerprint density at radius 1 is 1.15 bits per heavy atom. The minimum absolute atomic E-state index is 0.0955. The van der Waals surface area contributed by atoms with Crippen molar-refractivity contribution in [3.63, 3.8) is 0 Å². The number of Topliss-reactive ketones (excluding diaryl/α,β-unsaturated/α-hetero) is 1. The zero-order valence-electron chi connectivity index (χ0n) is 15.6. The number of hydrogen-bond donors (Lipinski definition) is 1. The maximum atomic E-state index is 12.4. The summed E-state index contributed by atoms with van der Waals surface area (Å²) in [5.41, 5.74) is 1.70. The molecule has 0 radical (unpaired) electrons. The summed E-state index contributed by atoms with van der Waals surface area (Å²) >= 11 is 0. The zero-order valence-corrected chi connectivity index (χ0v) is 15.6. The minimum atomic E-state index is -1.31. The van der Waals surface area contributed by atoms with E-state index in [2.05, 4.69) is 5.32 Å². The van der Waals surface area contributed by atoms with Crippen LogP contribution in [0, 0.1) is 23.2 Å². The number of nitrogens with zero attached hydrogens (tertiary/aromatic N) is 1. The molecule has 0 heterocycles. The zero-order chi connectivity index (χ0) is 19.6.